The smallest absolute Gasteiger partial charge is 0.263 e. The minimum absolute atomic E-state index is 0.137. The number of nitrogens with zero attached hydrogens (tertiary/aromatic N) is 2. The highest BCUT2D eigenvalue weighted by Gasteiger charge is 2.19. The van der Waals surface area contributed by atoms with E-state index < -0.39 is 0 Å². The molecule has 3 heterocycles. The first-order valence-electron chi connectivity index (χ1n) is 10.1. The average Bonchev–Trinajstić information content (AvgIpc) is 3.37. The maximum Gasteiger partial charge on any atom is 0.263 e. The van der Waals surface area contributed by atoms with Gasteiger partial charge in [0.2, 0.25) is 5.91 Å². The standard InChI is InChI=1S/C24H23N3O3S2/c1-5-10-27-23(29)21-17(19-9-8-16(4)30-19)12-31-22(21)26-24(27)32-13-20(28)25-18-11-14(2)6-7-15(18)3/h5-9,11-12H,1,10,13H2,2-4H3,(H,25,28). The van der Waals surface area contributed by atoms with Crippen LogP contribution in [0.25, 0.3) is 21.5 Å². The van der Waals surface area contributed by atoms with Crippen LogP contribution in [-0.4, -0.2) is 21.2 Å². The van der Waals surface area contributed by atoms with E-state index in [1.807, 2.05) is 56.5 Å². The number of rotatable bonds is 7. The summed E-state index contributed by atoms with van der Waals surface area (Å²) in [4.78, 5) is 31.2. The molecule has 0 unspecified atom stereocenters. The van der Waals surface area contributed by atoms with Gasteiger partial charge in [-0.15, -0.1) is 17.9 Å². The van der Waals surface area contributed by atoms with Crippen LogP contribution in [-0.2, 0) is 11.3 Å². The zero-order valence-electron chi connectivity index (χ0n) is 18.1. The monoisotopic (exact) mass is 465 g/mol. The molecule has 4 rings (SSSR count). The van der Waals surface area contributed by atoms with Gasteiger partial charge in [0.15, 0.2) is 5.16 Å². The number of carbonyl (C=O) groups excluding carboxylic acids is 1. The van der Waals surface area contributed by atoms with Crippen molar-refractivity contribution in [2.24, 2.45) is 0 Å². The molecule has 0 saturated carbocycles. The van der Waals surface area contributed by atoms with Crippen LogP contribution >= 0.6 is 23.1 Å². The molecule has 1 amide bonds. The maximum atomic E-state index is 13.3. The van der Waals surface area contributed by atoms with Crippen LogP contribution in [0.5, 0.6) is 0 Å². The lowest BCUT2D eigenvalue weighted by atomic mass is 10.1. The summed E-state index contributed by atoms with van der Waals surface area (Å²) in [5.74, 6) is 1.41. The summed E-state index contributed by atoms with van der Waals surface area (Å²) in [6.45, 7) is 9.87. The van der Waals surface area contributed by atoms with Crippen molar-refractivity contribution in [2.45, 2.75) is 32.5 Å². The van der Waals surface area contributed by atoms with Crippen LogP contribution < -0.4 is 10.9 Å². The summed E-state index contributed by atoms with van der Waals surface area (Å²) >= 11 is 2.63. The highest BCUT2D eigenvalue weighted by Crippen LogP contribution is 2.33. The fraction of sp³-hybridized carbons (Fsp3) is 0.208. The number of aromatic nitrogens is 2. The van der Waals surface area contributed by atoms with Crippen molar-refractivity contribution in [1.82, 2.24) is 9.55 Å². The Balaban J connectivity index is 1.63. The zero-order valence-corrected chi connectivity index (χ0v) is 19.7. The SMILES string of the molecule is C=CCn1c(SCC(=O)Nc2cc(C)ccc2C)nc2scc(-c3ccc(C)o3)c2c1=O. The van der Waals surface area contributed by atoms with Crippen molar-refractivity contribution in [3.63, 3.8) is 0 Å². The number of anilines is 1. The number of thiophene rings is 1. The van der Waals surface area contributed by atoms with Gasteiger partial charge in [0.1, 0.15) is 16.4 Å². The fourth-order valence-electron chi connectivity index (χ4n) is 3.35. The van der Waals surface area contributed by atoms with Crippen LogP contribution in [0, 0.1) is 20.8 Å². The first-order chi connectivity index (χ1) is 15.4. The quantitative estimate of drug-likeness (QED) is 0.220. The predicted molar refractivity (Wildman–Crippen MR) is 132 cm³/mol. The number of benzene rings is 1. The van der Waals surface area contributed by atoms with Crippen LogP contribution in [0.2, 0.25) is 0 Å². The van der Waals surface area contributed by atoms with Gasteiger partial charge in [-0.05, 0) is 50.1 Å². The van der Waals surface area contributed by atoms with Gasteiger partial charge in [-0.3, -0.25) is 14.2 Å². The van der Waals surface area contributed by atoms with Crippen LogP contribution in [0.3, 0.4) is 0 Å². The number of fused-ring (bicyclic) bond motifs is 1. The Morgan fingerprint density at radius 2 is 2.09 bits per heavy atom. The maximum absolute atomic E-state index is 13.3. The van der Waals surface area contributed by atoms with Crippen molar-refractivity contribution in [3.05, 3.63) is 75.6 Å². The third-order valence-corrected chi connectivity index (χ3v) is 6.82. The lowest BCUT2D eigenvalue weighted by molar-refractivity contribution is -0.113. The topological polar surface area (TPSA) is 77.1 Å². The summed E-state index contributed by atoms with van der Waals surface area (Å²) in [6.07, 6.45) is 1.65. The van der Waals surface area contributed by atoms with Gasteiger partial charge >= 0.3 is 0 Å². The van der Waals surface area contributed by atoms with Crippen molar-refractivity contribution in [3.8, 4) is 11.3 Å². The fourth-order valence-corrected chi connectivity index (χ4v) is 5.13. The lowest BCUT2D eigenvalue weighted by Gasteiger charge is -2.12. The van der Waals surface area contributed by atoms with E-state index >= 15 is 0 Å². The molecule has 4 aromatic rings. The lowest BCUT2D eigenvalue weighted by Crippen LogP contribution is -2.23. The number of hydrogen-bond acceptors (Lipinski definition) is 6. The zero-order chi connectivity index (χ0) is 22.8. The van der Waals surface area contributed by atoms with E-state index in [-0.39, 0.29) is 17.2 Å². The average molecular weight is 466 g/mol. The summed E-state index contributed by atoms with van der Waals surface area (Å²) in [5, 5.41) is 5.85. The van der Waals surface area contributed by atoms with Gasteiger partial charge in [-0.25, -0.2) is 4.98 Å². The molecule has 8 heteroatoms. The number of thioether (sulfide) groups is 1. The molecule has 0 fully saturated rings. The summed E-state index contributed by atoms with van der Waals surface area (Å²) in [6, 6.07) is 9.65. The third-order valence-electron chi connectivity index (χ3n) is 4.98. The van der Waals surface area contributed by atoms with Gasteiger partial charge in [0, 0.05) is 23.2 Å². The van der Waals surface area contributed by atoms with Crippen molar-refractivity contribution >= 4 is 44.9 Å². The van der Waals surface area contributed by atoms with E-state index in [1.165, 1.54) is 23.1 Å². The summed E-state index contributed by atoms with van der Waals surface area (Å²) in [5.41, 5.74) is 3.43. The number of nitrogens with one attached hydrogen (secondary N) is 1. The minimum atomic E-state index is -0.169. The third kappa shape index (κ3) is 4.42. The van der Waals surface area contributed by atoms with Crippen LogP contribution in [0.15, 0.2) is 62.7 Å². The van der Waals surface area contributed by atoms with Gasteiger partial charge in [-0.2, -0.15) is 0 Å². The Labute approximate surface area is 194 Å². The van der Waals surface area contributed by atoms with E-state index in [0.29, 0.717) is 27.7 Å². The normalized spacial score (nSPS) is 11.1. The Morgan fingerprint density at radius 3 is 2.81 bits per heavy atom. The molecule has 3 aromatic heterocycles. The highest BCUT2D eigenvalue weighted by molar-refractivity contribution is 7.99. The second kappa shape index (κ2) is 9.18. The number of carbonyl (C=O) groups is 1. The number of furan rings is 1. The molecule has 0 aliphatic carbocycles. The molecule has 6 nitrogen and oxygen atoms in total. The molecule has 1 aromatic carbocycles. The Morgan fingerprint density at radius 1 is 1.28 bits per heavy atom. The highest BCUT2D eigenvalue weighted by atomic mass is 32.2. The molecular weight excluding hydrogens is 442 g/mol. The van der Waals surface area contributed by atoms with E-state index in [1.54, 1.807) is 10.6 Å². The van der Waals surface area contributed by atoms with E-state index in [9.17, 15) is 9.59 Å². The molecule has 164 valence electrons. The summed E-state index contributed by atoms with van der Waals surface area (Å²) < 4.78 is 7.28. The van der Waals surface area contributed by atoms with Gasteiger partial charge < -0.3 is 9.73 Å². The number of hydrogen-bond donors (Lipinski definition) is 1. The van der Waals surface area contributed by atoms with Crippen LogP contribution in [0.1, 0.15) is 16.9 Å². The molecular formula is C24H23N3O3S2. The Bertz CT molecular complexity index is 1380. The second-order valence-corrected chi connectivity index (χ2v) is 9.29. The number of aryl methyl sites for hydroxylation is 3. The molecule has 0 radical (unpaired) electrons. The van der Waals surface area contributed by atoms with Gasteiger partial charge in [0.05, 0.1) is 11.1 Å². The molecule has 0 saturated heterocycles. The van der Waals surface area contributed by atoms with E-state index in [0.717, 1.165) is 28.1 Å². The first-order valence-corrected chi connectivity index (χ1v) is 11.9. The first kappa shape index (κ1) is 22.1. The largest absolute Gasteiger partial charge is 0.461 e. The van der Waals surface area contributed by atoms with Crippen molar-refractivity contribution in [1.29, 1.82) is 0 Å². The molecule has 1 N–H and O–H groups in total. The number of allylic oxidation sites excluding steroid dienone is 1. The Hall–Kier alpha value is -3.10. The van der Waals surface area contributed by atoms with E-state index in [2.05, 4.69) is 11.9 Å². The molecule has 0 atom stereocenters. The van der Waals surface area contributed by atoms with Gasteiger partial charge in [-0.1, -0.05) is 30.0 Å². The molecule has 0 spiro atoms. The van der Waals surface area contributed by atoms with Gasteiger partial charge in [0.25, 0.3) is 5.56 Å². The molecule has 0 aliphatic heterocycles. The van der Waals surface area contributed by atoms with E-state index in [4.69, 9.17) is 9.40 Å². The molecule has 0 aliphatic rings. The molecule has 32 heavy (non-hydrogen) atoms. The predicted octanol–water partition coefficient (Wildman–Crippen LogP) is 5.56. The van der Waals surface area contributed by atoms with Crippen molar-refractivity contribution in [2.75, 3.05) is 11.1 Å². The number of amides is 1. The second-order valence-electron chi connectivity index (χ2n) is 7.49. The van der Waals surface area contributed by atoms with Crippen LogP contribution in [0.4, 0.5) is 5.69 Å². The van der Waals surface area contributed by atoms with Crippen molar-refractivity contribution < 1.29 is 9.21 Å². The molecule has 0 bridgehead atoms. The minimum Gasteiger partial charge on any atom is -0.461 e. The summed E-state index contributed by atoms with van der Waals surface area (Å²) in [7, 11) is 0. The Kier molecular flexibility index (Phi) is 6.34.